The van der Waals surface area contributed by atoms with E-state index in [0.29, 0.717) is 0 Å². The van der Waals surface area contributed by atoms with Crippen LogP contribution in [0.4, 0.5) is 0 Å². The Kier molecular flexibility index (Phi) is 2.36. The summed E-state index contributed by atoms with van der Waals surface area (Å²) in [6.45, 7) is 5.35. The third-order valence-corrected chi connectivity index (χ3v) is 3.41. The molecule has 2 rings (SSSR count). The Bertz CT molecular complexity index is 299. The smallest absolute Gasteiger partial charge is 0.269 e. The van der Waals surface area contributed by atoms with Crippen LogP contribution >= 0.6 is 0 Å². The van der Waals surface area contributed by atoms with Gasteiger partial charge in [0.15, 0.2) is 0 Å². The van der Waals surface area contributed by atoms with Crippen LogP contribution in [0.15, 0.2) is 4.99 Å². The van der Waals surface area contributed by atoms with E-state index in [2.05, 4.69) is 29.8 Å². The number of nitrogens with zero attached hydrogens (tertiary/aromatic N) is 3. The Balaban J connectivity index is 2.12. The summed E-state index contributed by atoms with van der Waals surface area (Å²) >= 11 is 0. The van der Waals surface area contributed by atoms with Crippen LogP contribution in [0.3, 0.4) is 0 Å². The van der Waals surface area contributed by atoms with Crippen LogP contribution in [0, 0.1) is 16.6 Å². The molecule has 1 spiro atoms. The summed E-state index contributed by atoms with van der Waals surface area (Å²) < 4.78 is 0. The molecular weight excluding hydrogens is 173 g/mol. The molecule has 0 N–H and O–H groups in total. The highest BCUT2D eigenvalue weighted by Gasteiger charge is 2.53. The van der Waals surface area contributed by atoms with Gasteiger partial charge < -0.3 is 4.90 Å². The van der Waals surface area contributed by atoms with Gasteiger partial charge in [0, 0.05) is 36.7 Å². The summed E-state index contributed by atoms with van der Waals surface area (Å²) in [7, 11) is 2.14. The van der Waals surface area contributed by atoms with E-state index in [-0.39, 0.29) is 12.1 Å². The van der Waals surface area contributed by atoms with Crippen LogP contribution in [0.1, 0.15) is 6.92 Å². The zero-order valence-corrected chi connectivity index (χ0v) is 8.95. The molecule has 4 heteroatoms. The minimum absolute atomic E-state index is 0.281. The second-order valence-electron chi connectivity index (χ2n) is 4.61. The molecule has 2 fully saturated rings. The van der Waals surface area contributed by atoms with Crippen molar-refractivity contribution in [3.8, 4) is 5.97 Å². The van der Waals surface area contributed by atoms with Crippen molar-refractivity contribution in [3.05, 3.63) is 0 Å². The maximum absolute atomic E-state index is 8.81. The maximum Gasteiger partial charge on any atom is 0.269 e. The van der Waals surface area contributed by atoms with Crippen molar-refractivity contribution < 1.29 is 0 Å². The average Bonchev–Trinajstić information content (AvgIpc) is 2.40. The largest absolute Gasteiger partial charge is 0.300 e. The lowest BCUT2D eigenvalue weighted by molar-refractivity contribution is 0.332. The third-order valence-electron chi connectivity index (χ3n) is 3.41. The van der Waals surface area contributed by atoms with Gasteiger partial charge in [-0.15, -0.1) is 0 Å². The summed E-state index contributed by atoms with van der Waals surface area (Å²) in [6, 6.07) is 0. The van der Waals surface area contributed by atoms with E-state index in [0.717, 1.165) is 32.3 Å². The van der Waals surface area contributed by atoms with Gasteiger partial charge in [-0.2, -0.15) is 0 Å². The average molecular weight is 189 g/mol. The van der Waals surface area contributed by atoms with Crippen LogP contribution in [0.25, 0.3) is 0 Å². The summed E-state index contributed by atoms with van der Waals surface area (Å²) in [5, 5.41) is 8.81. The molecule has 0 atom stereocenters. The van der Waals surface area contributed by atoms with Crippen molar-refractivity contribution in [2.24, 2.45) is 10.4 Å². The molecule has 0 radical (unpaired) electrons. The van der Waals surface area contributed by atoms with Crippen molar-refractivity contribution in [3.63, 3.8) is 0 Å². The fourth-order valence-electron chi connectivity index (χ4n) is 2.84. The fourth-order valence-corrected chi connectivity index (χ4v) is 2.84. The molecule has 0 aromatic rings. The van der Waals surface area contributed by atoms with E-state index in [9.17, 15) is 0 Å². The lowest BCUT2D eigenvalue weighted by Crippen LogP contribution is -2.47. The number of hydrogen-bond donors (Lipinski definition) is 0. The molecule has 0 aromatic carbocycles. The highest BCUT2D eigenvalue weighted by atomic mass is 15.2. The van der Waals surface area contributed by atoms with E-state index in [1.54, 1.807) is 0 Å². The van der Waals surface area contributed by atoms with Gasteiger partial charge in [-0.3, -0.25) is 4.99 Å². The van der Waals surface area contributed by atoms with Crippen molar-refractivity contribution in [1.29, 1.82) is 5.26 Å². The number of nitriles is 1. The monoisotopic (exact) mass is 189 g/mol. The molecule has 0 aromatic heterocycles. The van der Waals surface area contributed by atoms with E-state index < -0.39 is 0 Å². The molecule has 2 aliphatic heterocycles. The molecule has 2 saturated heterocycles. The molecule has 0 bridgehead atoms. The van der Waals surface area contributed by atoms with E-state index in [4.69, 9.17) is 5.26 Å². The van der Waals surface area contributed by atoms with Crippen LogP contribution in [-0.2, 0) is 0 Å². The quantitative estimate of drug-likeness (QED) is 0.576. The molecule has 0 aliphatic carbocycles. The Hall–Kier alpha value is -0.815. The zero-order chi connectivity index (χ0) is 10.2. The Morgan fingerprint density at radius 2 is 2.36 bits per heavy atom. The molecular formula is C10H16BN3. The van der Waals surface area contributed by atoms with Gasteiger partial charge in [0.25, 0.3) is 6.71 Å². The Labute approximate surface area is 85.9 Å². The molecule has 2 aliphatic rings. The first-order valence-electron chi connectivity index (χ1n) is 5.32. The highest BCUT2D eigenvalue weighted by Crippen LogP contribution is 2.47. The summed E-state index contributed by atoms with van der Waals surface area (Å²) in [5.74, 6) is 2.36. The predicted molar refractivity (Wildman–Crippen MR) is 58.9 cm³/mol. The minimum Gasteiger partial charge on any atom is -0.300 e. The first-order chi connectivity index (χ1) is 6.70. The Morgan fingerprint density at radius 3 is 2.93 bits per heavy atom. The molecule has 2 heterocycles. The number of rotatable bonds is 1. The third kappa shape index (κ3) is 1.36. The summed E-state index contributed by atoms with van der Waals surface area (Å²) in [5.41, 5.74) is 1.62. The van der Waals surface area contributed by atoms with Crippen LogP contribution in [-0.4, -0.2) is 44.0 Å². The van der Waals surface area contributed by atoms with Gasteiger partial charge in [-0.05, 0) is 26.6 Å². The Morgan fingerprint density at radius 1 is 1.64 bits per heavy atom. The first-order valence-corrected chi connectivity index (χ1v) is 5.32. The van der Waals surface area contributed by atoms with Gasteiger partial charge in [-0.1, -0.05) is 0 Å². The van der Waals surface area contributed by atoms with Crippen molar-refractivity contribution in [2.45, 2.75) is 19.6 Å². The lowest BCUT2D eigenvalue weighted by atomic mass is 9.27. The van der Waals surface area contributed by atoms with Gasteiger partial charge in [-0.25, -0.2) is 5.26 Å². The second kappa shape index (κ2) is 3.40. The van der Waals surface area contributed by atoms with Crippen molar-refractivity contribution >= 4 is 12.4 Å². The molecule has 0 unspecified atom stereocenters. The molecule has 0 saturated carbocycles. The normalized spacial score (nSPS) is 28.1. The lowest BCUT2D eigenvalue weighted by Gasteiger charge is -2.40. The minimum atomic E-state index is 0.281. The second-order valence-corrected chi connectivity index (χ2v) is 4.61. The number of likely N-dealkylation sites (tertiary alicyclic amines) is 1. The standard InChI is InChI=1S/C10H16BN3/c1-3-13-9-4-14(2)7-10(9)5-11(6-10)8-12/h3-7H2,1-2H3. The first kappa shape index (κ1) is 9.73. The van der Waals surface area contributed by atoms with Crippen LogP contribution in [0.2, 0.25) is 12.6 Å². The van der Waals surface area contributed by atoms with Crippen LogP contribution < -0.4 is 0 Å². The zero-order valence-electron chi connectivity index (χ0n) is 8.95. The molecule has 0 amide bonds. The summed E-state index contributed by atoms with van der Waals surface area (Å²) in [6.07, 6.45) is 2.07. The SMILES string of the molecule is CCN=C1CN(C)CC12CB(C#N)C2. The highest BCUT2D eigenvalue weighted by molar-refractivity contribution is 6.71. The number of hydrogen-bond acceptors (Lipinski definition) is 3. The van der Waals surface area contributed by atoms with E-state index in [1.807, 2.05) is 0 Å². The predicted octanol–water partition coefficient (Wildman–Crippen LogP) is 0.950. The van der Waals surface area contributed by atoms with Gasteiger partial charge in [0.05, 0.1) is 0 Å². The van der Waals surface area contributed by atoms with Gasteiger partial charge >= 0.3 is 0 Å². The fraction of sp³-hybridized carbons (Fsp3) is 0.800. The topological polar surface area (TPSA) is 39.4 Å². The van der Waals surface area contributed by atoms with Gasteiger partial charge in [0.2, 0.25) is 0 Å². The maximum atomic E-state index is 8.81. The molecule has 74 valence electrons. The van der Waals surface area contributed by atoms with E-state index >= 15 is 0 Å². The van der Waals surface area contributed by atoms with E-state index in [1.165, 1.54) is 5.71 Å². The summed E-state index contributed by atoms with van der Waals surface area (Å²) in [4.78, 5) is 6.91. The number of aliphatic imine (C=N–C) groups is 1. The van der Waals surface area contributed by atoms with Crippen LogP contribution in [0.5, 0.6) is 0 Å². The van der Waals surface area contributed by atoms with Gasteiger partial charge in [0.1, 0.15) is 0 Å². The van der Waals surface area contributed by atoms with Crippen molar-refractivity contribution in [2.75, 3.05) is 26.7 Å². The molecule has 14 heavy (non-hydrogen) atoms. The van der Waals surface area contributed by atoms with Crippen molar-refractivity contribution in [1.82, 2.24) is 4.90 Å². The molecule has 3 nitrogen and oxygen atoms in total.